The summed E-state index contributed by atoms with van der Waals surface area (Å²) in [5, 5.41) is 15.5. The van der Waals surface area contributed by atoms with Gasteiger partial charge < -0.3 is 4.98 Å². The highest BCUT2D eigenvalue weighted by molar-refractivity contribution is 7.99. The zero-order valence-corrected chi connectivity index (χ0v) is 18.3. The lowest BCUT2D eigenvalue weighted by atomic mass is 10.1. The number of thioether (sulfide) groups is 1. The average Bonchev–Trinajstić information content (AvgIpc) is 2.79. The third kappa shape index (κ3) is 5.67. The monoisotopic (exact) mass is 451 g/mol. The van der Waals surface area contributed by atoms with Crippen LogP contribution in [0.3, 0.4) is 0 Å². The van der Waals surface area contributed by atoms with Gasteiger partial charge in [0.1, 0.15) is 0 Å². The summed E-state index contributed by atoms with van der Waals surface area (Å²) in [5.74, 6) is -0.147. The number of carbonyl (C=O) groups excluding carboxylic acids is 1. The summed E-state index contributed by atoms with van der Waals surface area (Å²) in [6.07, 6.45) is 0.602. The van der Waals surface area contributed by atoms with Gasteiger partial charge in [-0.1, -0.05) is 49.0 Å². The predicted molar refractivity (Wildman–Crippen MR) is 123 cm³/mol. The molecule has 10 heteroatoms. The second kappa shape index (κ2) is 10.5. The fourth-order valence-electron chi connectivity index (χ4n) is 2.93. The molecule has 0 saturated heterocycles. The topological polar surface area (TPSA) is 130 Å². The van der Waals surface area contributed by atoms with Crippen molar-refractivity contribution in [2.45, 2.75) is 25.4 Å². The van der Waals surface area contributed by atoms with Gasteiger partial charge in [0.05, 0.1) is 10.6 Å². The van der Waals surface area contributed by atoms with Crippen molar-refractivity contribution in [2.75, 3.05) is 5.75 Å². The number of amides is 1. The Morgan fingerprint density at radius 3 is 2.44 bits per heavy atom. The van der Waals surface area contributed by atoms with E-state index in [0.29, 0.717) is 34.3 Å². The van der Waals surface area contributed by atoms with Crippen molar-refractivity contribution in [3.63, 3.8) is 0 Å². The third-order valence-electron chi connectivity index (χ3n) is 4.64. The number of aromatic nitrogens is 2. The molecule has 32 heavy (non-hydrogen) atoms. The van der Waals surface area contributed by atoms with Crippen molar-refractivity contribution < 1.29 is 9.72 Å². The van der Waals surface area contributed by atoms with E-state index in [0.717, 1.165) is 5.56 Å². The Morgan fingerprint density at radius 2 is 1.84 bits per heavy atom. The molecule has 0 fully saturated rings. The van der Waals surface area contributed by atoms with Gasteiger partial charge in [0, 0.05) is 34.7 Å². The summed E-state index contributed by atoms with van der Waals surface area (Å²) in [5.41, 5.74) is 5.20. The maximum Gasteiger partial charge on any atom is 0.271 e. The molecule has 0 radical (unpaired) electrons. The molecule has 2 N–H and O–H groups in total. The van der Waals surface area contributed by atoms with Crippen LogP contribution in [0.15, 0.2) is 69.6 Å². The first-order valence-electron chi connectivity index (χ1n) is 9.78. The van der Waals surface area contributed by atoms with Crippen molar-refractivity contribution in [3.8, 4) is 0 Å². The van der Waals surface area contributed by atoms with E-state index in [1.807, 2.05) is 37.3 Å². The minimum atomic E-state index is -0.530. The van der Waals surface area contributed by atoms with E-state index in [1.165, 1.54) is 36.0 Å². The first kappa shape index (κ1) is 22.9. The Hall–Kier alpha value is -3.79. The van der Waals surface area contributed by atoms with Crippen LogP contribution in [0.4, 0.5) is 5.69 Å². The molecule has 1 aromatic heterocycles. The number of nitrogens with zero attached hydrogens (tertiary/aromatic N) is 3. The van der Waals surface area contributed by atoms with E-state index in [9.17, 15) is 19.7 Å². The van der Waals surface area contributed by atoms with E-state index < -0.39 is 10.8 Å². The van der Waals surface area contributed by atoms with E-state index in [4.69, 9.17) is 0 Å². The molecule has 0 atom stereocenters. The first-order valence-corrected chi connectivity index (χ1v) is 10.8. The van der Waals surface area contributed by atoms with Gasteiger partial charge in [0.2, 0.25) is 0 Å². The second-order valence-corrected chi connectivity index (χ2v) is 7.71. The van der Waals surface area contributed by atoms with Crippen molar-refractivity contribution in [2.24, 2.45) is 5.10 Å². The highest BCUT2D eigenvalue weighted by Crippen LogP contribution is 2.16. The Labute approximate surface area is 188 Å². The molecule has 0 spiro atoms. The summed E-state index contributed by atoms with van der Waals surface area (Å²) >= 11 is 1.30. The minimum absolute atomic E-state index is 0.0997. The van der Waals surface area contributed by atoms with E-state index in [1.54, 1.807) is 6.92 Å². The molecule has 0 bridgehead atoms. The van der Waals surface area contributed by atoms with Gasteiger partial charge in [-0.3, -0.25) is 19.7 Å². The highest BCUT2D eigenvalue weighted by Gasteiger charge is 2.12. The number of hydrazone groups is 1. The molecule has 0 aliphatic heterocycles. The summed E-state index contributed by atoms with van der Waals surface area (Å²) < 4.78 is 0. The Bertz CT molecular complexity index is 1210. The number of aromatic amines is 1. The molecule has 9 nitrogen and oxygen atoms in total. The lowest BCUT2D eigenvalue weighted by molar-refractivity contribution is -0.384. The Morgan fingerprint density at radius 1 is 1.16 bits per heavy atom. The van der Waals surface area contributed by atoms with Crippen LogP contribution in [0.2, 0.25) is 0 Å². The molecule has 1 heterocycles. The zero-order valence-electron chi connectivity index (χ0n) is 17.5. The number of nitro benzene ring substituents is 1. The highest BCUT2D eigenvalue weighted by atomic mass is 32.2. The first-order chi connectivity index (χ1) is 15.4. The van der Waals surface area contributed by atoms with Gasteiger partial charge in [-0.15, -0.1) is 0 Å². The number of H-pyrrole nitrogens is 1. The summed E-state index contributed by atoms with van der Waals surface area (Å²) in [6, 6.07) is 14.6. The minimum Gasteiger partial charge on any atom is -0.301 e. The number of rotatable bonds is 8. The zero-order chi connectivity index (χ0) is 23.1. The molecule has 2 aromatic carbocycles. The number of aryl methyl sites for hydroxylation is 1. The molecule has 0 aliphatic carbocycles. The number of carbonyl (C=O) groups is 1. The molecule has 164 valence electrons. The van der Waals surface area contributed by atoms with Gasteiger partial charge >= 0.3 is 0 Å². The van der Waals surface area contributed by atoms with Crippen LogP contribution in [0.1, 0.15) is 34.1 Å². The molecule has 0 saturated carbocycles. The smallest absolute Gasteiger partial charge is 0.271 e. The van der Waals surface area contributed by atoms with E-state index in [2.05, 4.69) is 20.5 Å². The summed E-state index contributed by atoms with van der Waals surface area (Å²) in [7, 11) is 0. The molecular weight excluding hydrogens is 430 g/mol. The number of hydrogen-bond donors (Lipinski definition) is 2. The van der Waals surface area contributed by atoms with Crippen LogP contribution in [0.5, 0.6) is 0 Å². The van der Waals surface area contributed by atoms with Gasteiger partial charge in [-0.2, -0.15) is 5.10 Å². The predicted octanol–water partition coefficient (Wildman–Crippen LogP) is 3.48. The van der Waals surface area contributed by atoms with E-state index in [-0.39, 0.29) is 16.8 Å². The molecule has 3 rings (SSSR count). The van der Waals surface area contributed by atoms with Crippen LogP contribution < -0.4 is 11.0 Å². The second-order valence-electron chi connectivity index (χ2n) is 6.75. The van der Waals surface area contributed by atoms with Crippen molar-refractivity contribution >= 4 is 29.1 Å². The molecule has 3 aromatic rings. The van der Waals surface area contributed by atoms with Gasteiger partial charge in [0.25, 0.3) is 17.2 Å². The largest absolute Gasteiger partial charge is 0.301 e. The number of nitrogens with one attached hydrogen (secondary N) is 2. The third-order valence-corrected chi connectivity index (χ3v) is 5.52. The Balaban J connectivity index is 1.79. The van der Waals surface area contributed by atoms with Crippen LogP contribution >= 0.6 is 11.8 Å². The molecule has 0 aliphatic rings. The maximum absolute atomic E-state index is 12.4. The summed E-state index contributed by atoms with van der Waals surface area (Å²) in [4.78, 5) is 42.1. The summed E-state index contributed by atoms with van der Waals surface area (Å²) in [6.45, 7) is 3.70. The van der Waals surface area contributed by atoms with Crippen LogP contribution in [0, 0.1) is 17.0 Å². The number of benzene rings is 2. The van der Waals surface area contributed by atoms with Crippen molar-refractivity contribution in [3.05, 3.63) is 97.4 Å². The van der Waals surface area contributed by atoms with Crippen LogP contribution in [-0.2, 0) is 6.42 Å². The lowest BCUT2D eigenvalue weighted by Gasteiger charge is -2.09. The molecule has 1 amide bonds. The fourth-order valence-corrected chi connectivity index (χ4v) is 3.81. The number of non-ortho nitro benzene ring substituents is 1. The normalized spacial score (nSPS) is 11.2. The van der Waals surface area contributed by atoms with Gasteiger partial charge in [-0.25, -0.2) is 10.4 Å². The van der Waals surface area contributed by atoms with Crippen molar-refractivity contribution in [1.29, 1.82) is 0 Å². The quantitative estimate of drug-likeness (QED) is 0.177. The van der Waals surface area contributed by atoms with E-state index >= 15 is 0 Å². The van der Waals surface area contributed by atoms with Gasteiger partial charge in [0.15, 0.2) is 5.16 Å². The lowest BCUT2D eigenvalue weighted by Crippen LogP contribution is -2.21. The molecule has 0 unspecified atom stereocenters. The number of hydrogen-bond acceptors (Lipinski definition) is 7. The SMILES string of the molecule is CCc1c(C)nc(SCC(=NNC(=O)c2ccc([N+](=O)[O-])cc2)c2ccccc2)[nH]c1=O. The maximum atomic E-state index is 12.4. The average molecular weight is 452 g/mol. The number of nitro groups is 1. The van der Waals surface area contributed by atoms with Crippen molar-refractivity contribution in [1.82, 2.24) is 15.4 Å². The van der Waals surface area contributed by atoms with Gasteiger partial charge in [-0.05, 0) is 31.0 Å². The molecular formula is C22H21N5O4S. The Kier molecular flexibility index (Phi) is 7.50. The van der Waals surface area contributed by atoms with Crippen LogP contribution in [-0.4, -0.2) is 32.3 Å². The fraction of sp³-hybridized carbons (Fsp3) is 0.182. The standard InChI is InChI=1S/C22H21N5O4S/c1-3-18-14(2)23-22(24-21(18)29)32-13-19(15-7-5-4-6-8-15)25-26-20(28)16-9-11-17(12-10-16)27(30)31/h4-12H,3,13H2,1-2H3,(H,26,28)(H,23,24,29). The van der Waals surface area contributed by atoms with Crippen LogP contribution in [0.25, 0.3) is 0 Å².